The first-order valence-corrected chi connectivity index (χ1v) is 6.84. The van der Waals surface area contributed by atoms with Gasteiger partial charge in [-0.2, -0.15) is 0 Å². The molecule has 2 aromatic rings. The van der Waals surface area contributed by atoms with Gasteiger partial charge in [0.2, 0.25) is 5.91 Å². The van der Waals surface area contributed by atoms with Gasteiger partial charge in [-0.05, 0) is 24.1 Å². The number of carbonyl (C=O) groups is 1. The van der Waals surface area contributed by atoms with Gasteiger partial charge in [-0.1, -0.05) is 46.3 Å². The number of anilines is 1. The number of nitrogens with one attached hydrogen (secondary N) is 1. The maximum atomic E-state index is 13.6. The first-order valence-electron chi connectivity index (χ1n) is 6.04. The Balaban J connectivity index is 1.98. The molecular weight excluding hydrogens is 328 g/mol. The highest BCUT2D eigenvalue weighted by Gasteiger charge is 2.13. The molecule has 2 nitrogen and oxygen atoms in total. The van der Waals surface area contributed by atoms with E-state index in [1.54, 1.807) is 0 Å². The second-order valence-electron chi connectivity index (χ2n) is 4.28. The quantitative estimate of drug-likeness (QED) is 0.884. The van der Waals surface area contributed by atoms with E-state index < -0.39 is 23.2 Å². The average molecular weight is 340 g/mol. The van der Waals surface area contributed by atoms with E-state index in [0.717, 1.165) is 17.7 Å². The summed E-state index contributed by atoms with van der Waals surface area (Å²) < 4.78 is 27.4. The Kier molecular flexibility index (Phi) is 4.84. The van der Waals surface area contributed by atoms with Gasteiger partial charge in [-0.3, -0.25) is 4.79 Å². The molecule has 0 spiro atoms. The van der Waals surface area contributed by atoms with Crippen molar-refractivity contribution in [1.82, 2.24) is 0 Å². The van der Waals surface area contributed by atoms with Crippen molar-refractivity contribution in [3.8, 4) is 0 Å². The number of rotatable bonds is 4. The third-order valence-electron chi connectivity index (χ3n) is 2.75. The van der Waals surface area contributed by atoms with Gasteiger partial charge in [-0.15, -0.1) is 0 Å². The van der Waals surface area contributed by atoms with E-state index in [1.807, 2.05) is 30.3 Å². The van der Waals surface area contributed by atoms with Crippen molar-refractivity contribution in [2.45, 2.75) is 12.8 Å². The van der Waals surface area contributed by atoms with Gasteiger partial charge < -0.3 is 5.32 Å². The molecule has 0 fully saturated rings. The van der Waals surface area contributed by atoms with Gasteiger partial charge in [0.15, 0.2) is 11.6 Å². The Hall–Kier alpha value is -1.75. The lowest BCUT2D eigenvalue weighted by atomic mass is 10.1. The summed E-state index contributed by atoms with van der Waals surface area (Å²) in [5, 5.41) is 2.27. The van der Waals surface area contributed by atoms with Crippen LogP contribution in [0.5, 0.6) is 0 Å². The molecule has 1 N–H and O–H groups in total. The fourth-order valence-electron chi connectivity index (χ4n) is 1.77. The van der Waals surface area contributed by atoms with Crippen LogP contribution in [0.25, 0.3) is 0 Å². The molecule has 0 unspecified atom stereocenters. The maximum absolute atomic E-state index is 13.6. The molecule has 0 radical (unpaired) electrons. The summed E-state index contributed by atoms with van der Waals surface area (Å²) in [6, 6.07) is 11.6. The van der Waals surface area contributed by atoms with E-state index in [0.29, 0.717) is 6.42 Å². The molecule has 0 aliphatic heterocycles. The second-order valence-corrected chi connectivity index (χ2v) is 5.19. The summed E-state index contributed by atoms with van der Waals surface area (Å²) in [6.07, 6.45) is 0.686. The number of hydrogen-bond donors (Lipinski definition) is 1. The van der Waals surface area contributed by atoms with Crippen LogP contribution in [0, 0.1) is 11.6 Å². The van der Waals surface area contributed by atoms with Crippen LogP contribution in [0.3, 0.4) is 0 Å². The predicted octanol–water partition coefficient (Wildman–Crippen LogP) is 4.30. The van der Waals surface area contributed by atoms with Crippen LogP contribution in [0.1, 0.15) is 12.0 Å². The van der Waals surface area contributed by atoms with Crippen LogP contribution in [0.2, 0.25) is 0 Å². The van der Waals surface area contributed by atoms with Crippen molar-refractivity contribution < 1.29 is 13.6 Å². The first kappa shape index (κ1) is 14.7. The normalized spacial score (nSPS) is 10.3. The number of aryl methyl sites for hydroxylation is 1. The largest absolute Gasteiger partial charge is 0.321 e. The third kappa shape index (κ3) is 3.87. The molecule has 104 valence electrons. The highest BCUT2D eigenvalue weighted by atomic mass is 79.9. The monoisotopic (exact) mass is 339 g/mol. The molecule has 1 amide bonds. The van der Waals surface area contributed by atoms with E-state index in [9.17, 15) is 13.6 Å². The SMILES string of the molecule is O=C(CCc1ccccc1)Nc1c(F)cc(Br)cc1F. The molecule has 0 saturated heterocycles. The van der Waals surface area contributed by atoms with Crippen molar-refractivity contribution in [2.75, 3.05) is 5.32 Å². The zero-order valence-corrected chi connectivity index (χ0v) is 12.1. The summed E-state index contributed by atoms with van der Waals surface area (Å²) >= 11 is 2.98. The Morgan fingerprint density at radius 1 is 1.10 bits per heavy atom. The molecule has 20 heavy (non-hydrogen) atoms. The number of hydrogen-bond acceptors (Lipinski definition) is 1. The molecule has 2 rings (SSSR count). The van der Waals surface area contributed by atoms with Crippen molar-refractivity contribution >= 4 is 27.5 Å². The molecule has 0 aromatic heterocycles. The van der Waals surface area contributed by atoms with Crippen LogP contribution < -0.4 is 5.32 Å². The summed E-state index contributed by atoms with van der Waals surface area (Å²) in [6.45, 7) is 0. The van der Waals surface area contributed by atoms with Crippen LogP contribution in [-0.4, -0.2) is 5.91 Å². The van der Waals surface area contributed by atoms with Gasteiger partial charge >= 0.3 is 0 Å². The molecule has 0 atom stereocenters. The number of carbonyl (C=O) groups excluding carboxylic acids is 1. The molecule has 2 aromatic carbocycles. The molecule has 5 heteroatoms. The van der Waals surface area contributed by atoms with Gasteiger partial charge in [0.05, 0.1) is 0 Å². The maximum Gasteiger partial charge on any atom is 0.224 e. The third-order valence-corrected chi connectivity index (χ3v) is 3.21. The first-order chi connectivity index (χ1) is 9.56. The summed E-state index contributed by atoms with van der Waals surface area (Å²) in [5.74, 6) is -2.02. The highest BCUT2D eigenvalue weighted by molar-refractivity contribution is 9.10. The second kappa shape index (κ2) is 6.61. The van der Waals surface area contributed by atoms with E-state index in [1.165, 1.54) is 0 Å². The zero-order chi connectivity index (χ0) is 14.5. The lowest BCUT2D eigenvalue weighted by Gasteiger charge is -2.08. The predicted molar refractivity (Wildman–Crippen MR) is 77.5 cm³/mol. The van der Waals surface area contributed by atoms with Gasteiger partial charge in [0.25, 0.3) is 0 Å². The molecule has 0 bridgehead atoms. The minimum atomic E-state index is -0.801. The molecule has 0 heterocycles. The summed E-state index contributed by atoms with van der Waals surface area (Å²) in [7, 11) is 0. The van der Waals surface area contributed by atoms with Gasteiger partial charge in [0, 0.05) is 10.9 Å². The minimum Gasteiger partial charge on any atom is -0.321 e. The molecule has 0 aliphatic rings. The molecule has 0 aliphatic carbocycles. The Bertz CT molecular complexity index is 594. The van der Waals surface area contributed by atoms with E-state index in [-0.39, 0.29) is 10.9 Å². The van der Waals surface area contributed by atoms with Gasteiger partial charge in [-0.25, -0.2) is 8.78 Å². The zero-order valence-electron chi connectivity index (χ0n) is 10.5. The Morgan fingerprint density at radius 3 is 2.30 bits per heavy atom. The highest BCUT2D eigenvalue weighted by Crippen LogP contribution is 2.23. The standard InChI is InChI=1S/C15H12BrF2NO/c16-11-8-12(17)15(13(18)9-11)19-14(20)7-6-10-4-2-1-3-5-10/h1-5,8-9H,6-7H2,(H,19,20). The lowest BCUT2D eigenvalue weighted by molar-refractivity contribution is -0.116. The van der Waals surface area contributed by atoms with Gasteiger partial charge in [0.1, 0.15) is 5.69 Å². The molecular formula is C15H12BrF2NO. The number of halogens is 3. The van der Waals surface area contributed by atoms with Crippen molar-refractivity contribution in [3.63, 3.8) is 0 Å². The van der Waals surface area contributed by atoms with E-state index in [4.69, 9.17) is 0 Å². The smallest absolute Gasteiger partial charge is 0.224 e. The number of amides is 1. The fraction of sp³-hybridized carbons (Fsp3) is 0.133. The average Bonchev–Trinajstić information content (AvgIpc) is 2.42. The lowest BCUT2D eigenvalue weighted by Crippen LogP contribution is -2.14. The summed E-state index contributed by atoms with van der Waals surface area (Å²) in [4.78, 5) is 11.7. The van der Waals surface area contributed by atoms with E-state index >= 15 is 0 Å². The van der Waals surface area contributed by atoms with E-state index in [2.05, 4.69) is 21.2 Å². The van der Waals surface area contributed by atoms with Crippen molar-refractivity contribution in [2.24, 2.45) is 0 Å². The van der Waals surface area contributed by atoms with Crippen LogP contribution in [0.15, 0.2) is 46.9 Å². The number of benzene rings is 2. The van der Waals surface area contributed by atoms with Crippen molar-refractivity contribution in [3.05, 3.63) is 64.1 Å². The fourth-order valence-corrected chi connectivity index (χ4v) is 2.17. The molecule has 0 saturated carbocycles. The van der Waals surface area contributed by atoms with Crippen LogP contribution >= 0.6 is 15.9 Å². The Labute approximate surface area is 123 Å². The van der Waals surface area contributed by atoms with Crippen molar-refractivity contribution in [1.29, 1.82) is 0 Å². The van der Waals surface area contributed by atoms with Crippen LogP contribution in [-0.2, 0) is 11.2 Å². The Morgan fingerprint density at radius 2 is 1.70 bits per heavy atom. The minimum absolute atomic E-state index is 0.166. The summed E-state index contributed by atoms with van der Waals surface area (Å²) in [5.41, 5.74) is 0.589. The van der Waals surface area contributed by atoms with Crippen LogP contribution in [0.4, 0.5) is 14.5 Å². The topological polar surface area (TPSA) is 29.1 Å².